The number of nitrogens with zero attached hydrogens (tertiary/aromatic N) is 1. The summed E-state index contributed by atoms with van der Waals surface area (Å²) >= 11 is 0. The van der Waals surface area contributed by atoms with E-state index in [0.717, 1.165) is 43.0 Å². The molecular formula is C18H25N3O4. The Hall–Kier alpha value is -1.99. The molecule has 0 aromatic heterocycles. The van der Waals surface area contributed by atoms with Gasteiger partial charge in [0, 0.05) is 38.2 Å². The van der Waals surface area contributed by atoms with Crippen molar-refractivity contribution in [3.05, 3.63) is 18.2 Å². The lowest BCUT2D eigenvalue weighted by Gasteiger charge is -2.26. The van der Waals surface area contributed by atoms with Crippen molar-refractivity contribution in [1.29, 1.82) is 0 Å². The van der Waals surface area contributed by atoms with Gasteiger partial charge in [-0.3, -0.25) is 10.5 Å². The summed E-state index contributed by atoms with van der Waals surface area (Å²) in [5.74, 6) is 1.90. The highest BCUT2D eigenvalue weighted by Crippen LogP contribution is 2.33. The molecule has 7 heteroatoms. The number of amides is 1. The van der Waals surface area contributed by atoms with Crippen molar-refractivity contribution >= 4 is 11.6 Å². The number of fused-ring (bicyclic) bond motifs is 1. The highest BCUT2D eigenvalue weighted by atomic mass is 16.5. The van der Waals surface area contributed by atoms with Gasteiger partial charge in [-0.15, -0.1) is 0 Å². The number of ether oxygens (including phenoxy) is 3. The normalized spacial score (nSPS) is 26.5. The summed E-state index contributed by atoms with van der Waals surface area (Å²) in [6, 6.07) is 5.70. The SMILES string of the molecule is NC1CNc2cc(O[C@H]3CCN(C(=O)C4CCOCC4)C3)ccc2O1. The van der Waals surface area contributed by atoms with Gasteiger partial charge >= 0.3 is 0 Å². The molecule has 0 saturated carbocycles. The lowest BCUT2D eigenvalue weighted by Crippen LogP contribution is -2.38. The minimum Gasteiger partial charge on any atom is -0.488 e. The van der Waals surface area contributed by atoms with E-state index in [-0.39, 0.29) is 24.2 Å². The lowest BCUT2D eigenvalue weighted by molar-refractivity contribution is -0.137. The number of carbonyl (C=O) groups is 1. The van der Waals surface area contributed by atoms with Gasteiger partial charge in [0.15, 0.2) is 6.23 Å². The zero-order valence-corrected chi connectivity index (χ0v) is 14.3. The smallest absolute Gasteiger partial charge is 0.225 e. The highest BCUT2D eigenvalue weighted by Gasteiger charge is 2.32. The third kappa shape index (κ3) is 3.67. The van der Waals surface area contributed by atoms with E-state index < -0.39 is 0 Å². The van der Waals surface area contributed by atoms with Gasteiger partial charge in [0.1, 0.15) is 17.6 Å². The van der Waals surface area contributed by atoms with Crippen LogP contribution in [-0.4, -0.2) is 56.0 Å². The molecule has 1 aromatic rings. The first-order valence-electron chi connectivity index (χ1n) is 9.02. The number of benzene rings is 1. The van der Waals surface area contributed by atoms with E-state index in [9.17, 15) is 4.79 Å². The Morgan fingerprint density at radius 2 is 2.12 bits per heavy atom. The third-order valence-electron chi connectivity index (χ3n) is 5.05. The summed E-state index contributed by atoms with van der Waals surface area (Å²) in [6.07, 6.45) is 2.24. The Labute approximate surface area is 147 Å². The van der Waals surface area contributed by atoms with Crippen LogP contribution >= 0.6 is 0 Å². The van der Waals surface area contributed by atoms with Crippen LogP contribution < -0.4 is 20.5 Å². The molecule has 25 heavy (non-hydrogen) atoms. The number of hydrogen-bond acceptors (Lipinski definition) is 6. The molecule has 3 aliphatic rings. The molecule has 2 atom stereocenters. The van der Waals surface area contributed by atoms with Crippen LogP contribution in [0.4, 0.5) is 5.69 Å². The van der Waals surface area contributed by atoms with Gasteiger partial charge in [-0.2, -0.15) is 0 Å². The Morgan fingerprint density at radius 1 is 1.28 bits per heavy atom. The minimum absolute atomic E-state index is 0.0357. The van der Waals surface area contributed by atoms with Crippen LogP contribution in [0.1, 0.15) is 19.3 Å². The topological polar surface area (TPSA) is 86.1 Å². The first-order chi connectivity index (χ1) is 12.2. The standard InChI is InChI=1S/C18H25N3O4/c19-17-10-20-15-9-13(1-2-16(15)25-17)24-14-3-6-21(11-14)18(22)12-4-7-23-8-5-12/h1-2,9,12,14,17,20H,3-8,10-11,19H2/t14-,17?/m0/s1. The maximum absolute atomic E-state index is 12.6. The molecule has 2 saturated heterocycles. The van der Waals surface area contributed by atoms with E-state index in [0.29, 0.717) is 26.3 Å². The molecule has 136 valence electrons. The second-order valence-electron chi connectivity index (χ2n) is 6.89. The molecule has 0 radical (unpaired) electrons. The molecule has 1 aromatic carbocycles. The van der Waals surface area contributed by atoms with Crippen molar-refractivity contribution in [2.75, 3.05) is 38.2 Å². The van der Waals surface area contributed by atoms with Crippen molar-refractivity contribution < 1.29 is 19.0 Å². The molecule has 3 heterocycles. The average Bonchev–Trinajstić information content (AvgIpc) is 3.10. The molecule has 0 aliphatic carbocycles. The lowest BCUT2D eigenvalue weighted by atomic mass is 9.99. The number of rotatable bonds is 3. The van der Waals surface area contributed by atoms with Crippen LogP contribution in [0.3, 0.4) is 0 Å². The summed E-state index contributed by atoms with van der Waals surface area (Å²) < 4.78 is 17.0. The Kier molecular flexibility index (Phi) is 4.67. The zero-order valence-electron chi connectivity index (χ0n) is 14.3. The van der Waals surface area contributed by atoms with E-state index >= 15 is 0 Å². The van der Waals surface area contributed by atoms with Crippen LogP contribution in [0, 0.1) is 5.92 Å². The van der Waals surface area contributed by atoms with Crippen LogP contribution in [-0.2, 0) is 9.53 Å². The van der Waals surface area contributed by atoms with Crippen molar-refractivity contribution in [2.45, 2.75) is 31.6 Å². The maximum atomic E-state index is 12.6. The summed E-state index contributed by atoms with van der Waals surface area (Å²) in [4.78, 5) is 14.5. The summed E-state index contributed by atoms with van der Waals surface area (Å²) in [6.45, 7) is 3.38. The van der Waals surface area contributed by atoms with Crippen molar-refractivity contribution in [3.63, 3.8) is 0 Å². The minimum atomic E-state index is -0.321. The van der Waals surface area contributed by atoms with Gasteiger partial charge in [0.2, 0.25) is 5.91 Å². The van der Waals surface area contributed by atoms with E-state index in [2.05, 4.69) is 5.32 Å². The van der Waals surface area contributed by atoms with Crippen LogP contribution in [0.15, 0.2) is 18.2 Å². The molecule has 1 unspecified atom stereocenters. The summed E-state index contributed by atoms with van der Waals surface area (Å²) in [7, 11) is 0. The van der Waals surface area contributed by atoms with Gasteiger partial charge in [-0.1, -0.05) is 0 Å². The quantitative estimate of drug-likeness (QED) is 0.854. The molecule has 3 N–H and O–H groups in total. The second kappa shape index (κ2) is 7.09. The van der Waals surface area contributed by atoms with Gasteiger partial charge in [-0.05, 0) is 25.0 Å². The Morgan fingerprint density at radius 3 is 2.96 bits per heavy atom. The monoisotopic (exact) mass is 347 g/mol. The van der Waals surface area contributed by atoms with Gasteiger partial charge < -0.3 is 24.4 Å². The average molecular weight is 347 g/mol. The Bertz CT molecular complexity index is 633. The summed E-state index contributed by atoms with van der Waals surface area (Å²) in [5.41, 5.74) is 6.66. The Balaban J connectivity index is 1.34. The van der Waals surface area contributed by atoms with E-state index in [4.69, 9.17) is 19.9 Å². The van der Waals surface area contributed by atoms with Gasteiger partial charge in [-0.25, -0.2) is 0 Å². The number of carbonyl (C=O) groups excluding carboxylic acids is 1. The molecule has 1 amide bonds. The number of nitrogens with one attached hydrogen (secondary N) is 1. The van der Waals surface area contributed by atoms with E-state index in [1.54, 1.807) is 0 Å². The van der Waals surface area contributed by atoms with E-state index in [1.165, 1.54) is 0 Å². The first kappa shape index (κ1) is 16.5. The molecule has 7 nitrogen and oxygen atoms in total. The fourth-order valence-electron chi connectivity index (χ4n) is 3.66. The molecule has 0 spiro atoms. The number of nitrogens with two attached hydrogens (primary N) is 1. The van der Waals surface area contributed by atoms with Gasteiger partial charge in [0.05, 0.1) is 18.8 Å². The highest BCUT2D eigenvalue weighted by molar-refractivity contribution is 5.79. The fraction of sp³-hybridized carbons (Fsp3) is 0.611. The predicted molar refractivity (Wildman–Crippen MR) is 92.7 cm³/mol. The largest absolute Gasteiger partial charge is 0.488 e. The molecule has 0 bridgehead atoms. The number of hydrogen-bond donors (Lipinski definition) is 2. The number of likely N-dealkylation sites (tertiary alicyclic amines) is 1. The molecule has 4 rings (SSSR count). The number of anilines is 1. The van der Waals surface area contributed by atoms with Crippen LogP contribution in [0.25, 0.3) is 0 Å². The molecular weight excluding hydrogens is 322 g/mol. The van der Waals surface area contributed by atoms with Crippen LogP contribution in [0.5, 0.6) is 11.5 Å². The molecule has 2 fully saturated rings. The van der Waals surface area contributed by atoms with E-state index in [1.807, 2.05) is 23.1 Å². The second-order valence-corrected chi connectivity index (χ2v) is 6.89. The van der Waals surface area contributed by atoms with Crippen molar-refractivity contribution in [1.82, 2.24) is 4.90 Å². The van der Waals surface area contributed by atoms with Crippen molar-refractivity contribution in [3.8, 4) is 11.5 Å². The summed E-state index contributed by atoms with van der Waals surface area (Å²) in [5, 5.41) is 3.24. The first-order valence-corrected chi connectivity index (χ1v) is 9.02. The predicted octanol–water partition coefficient (Wildman–Crippen LogP) is 1.18. The third-order valence-corrected chi connectivity index (χ3v) is 5.05. The van der Waals surface area contributed by atoms with Crippen molar-refractivity contribution in [2.24, 2.45) is 11.7 Å². The maximum Gasteiger partial charge on any atom is 0.225 e. The van der Waals surface area contributed by atoms with Gasteiger partial charge in [0.25, 0.3) is 0 Å². The fourth-order valence-corrected chi connectivity index (χ4v) is 3.66. The molecule has 3 aliphatic heterocycles. The zero-order chi connectivity index (χ0) is 17.2. The van der Waals surface area contributed by atoms with Crippen LogP contribution in [0.2, 0.25) is 0 Å².